The highest BCUT2D eigenvalue weighted by atomic mass is 16.1. The molecule has 4 rings (SSSR count). The molecule has 0 N–H and O–H groups in total. The van der Waals surface area contributed by atoms with Gasteiger partial charge in [-0.2, -0.15) is 0 Å². The predicted molar refractivity (Wildman–Crippen MR) is 93.9 cm³/mol. The number of imidazole rings is 1. The minimum absolute atomic E-state index is 0.183. The second-order valence-electron chi connectivity index (χ2n) is 7.07. The van der Waals surface area contributed by atoms with Crippen LogP contribution in [0.1, 0.15) is 60.8 Å². The number of likely N-dealkylation sites (tertiary alicyclic amines) is 1. The number of aromatic nitrogens is 2. The molecule has 126 valence electrons. The number of benzene rings is 1. The average Bonchev–Trinajstić information content (AvgIpc) is 3.27. The van der Waals surface area contributed by atoms with Gasteiger partial charge in [-0.25, -0.2) is 4.98 Å². The van der Waals surface area contributed by atoms with Gasteiger partial charge in [-0.15, -0.1) is 0 Å². The Balaban J connectivity index is 1.53. The number of amides is 1. The summed E-state index contributed by atoms with van der Waals surface area (Å²) in [6.07, 6.45) is 8.56. The zero-order chi connectivity index (χ0) is 16.5. The molecule has 3 heterocycles. The number of hydrogen-bond donors (Lipinski definition) is 0. The van der Waals surface area contributed by atoms with Gasteiger partial charge in [0, 0.05) is 31.6 Å². The van der Waals surface area contributed by atoms with Crippen molar-refractivity contribution in [2.24, 2.45) is 0 Å². The van der Waals surface area contributed by atoms with Gasteiger partial charge in [-0.3, -0.25) is 4.79 Å². The summed E-state index contributed by atoms with van der Waals surface area (Å²) >= 11 is 0. The fourth-order valence-corrected chi connectivity index (χ4v) is 4.16. The Hall–Kier alpha value is -2.10. The Labute approximate surface area is 143 Å². The Kier molecular flexibility index (Phi) is 4.13. The zero-order valence-electron chi connectivity index (χ0n) is 14.3. The van der Waals surface area contributed by atoms with Crippen LogP contribution in [0.15, 0.2) is 30.5 Å². The molecule has 2 atom stereocenters. The largest absolute Gasteiger partial charge is 0.337 e. The van der Waals surface area contributed by atoms with E-state index in [1.54, 1.807) is 0 Å². The summed E-state index contributed by atoms with van der Waals surface area (Å²) in [6, 6.07) is 9.27. The molecule has 2 aliphatic rings. The minimum Gasteiger partial charge on any atom is -0.337 e. The highest BCUT2D eigenvalue weighted by molar-refractivity contribution is 5.49. The molecule has 1 fully saturated rings. The first-order chi connectivity index (χ1) is 11.8. The van der Waals surface area contributed by atoms with Gasteiger partial charge in [-0.05, 0) is 36.8 Å². The molecule has 0 bridgehead atoms. The summed E-state index contributed by atoms with van der Waals surface area (Å²) in [6.45, 7) is 4.06. The molecular formula is C20H25N3O. The van der Waals surface area contributed by atoms with Gasteiger partial charge >= 0.3 is 0 Å². The lowest BCUT2D eigenvalue weighted by molar-refractivity contribution is -0.119. The second kappa shape index (κ2) is 6.42. The van der Waals surface area contributed by atoms with Gasteiger partial charge in [0.2, 0.25) is 6.41 Å². The monoisotopic (exact) mass is 323 g/mol. The molecule has 2 aliphatic heterocycles. The molecule has 1 saturated heterocycles. The van der Waals surface area contributed by atoms with Crippen LogP contribution in [0.4, 0.5) is 0 Å². The molecule has 0 radical (unpaired) electrons. The highest BCUT2D eigenvalue weighted by Crippen LogP contribution is 2.33. The average molecular weight is 323 g/mol. The summed E-state index contributed by atoms with van der Waals surface area (Å²) < 4.78 is 2.32. The molecule has 0 aliphatic carbocycles. The third-order valence-electron chi connectivity index (χ3n) is 5.64. The SMILES string of the molecule is CCc1ccc(C2CCc3nc(C4CCCN4C=O)cn3C2)cc1. The van der Waals surface area contributed by atoms with Crippen LogP contribution in [0.3, 0.4) is 0 Å². The van der Waals surface area contributed by atoms with Gasteiger partial charge in [-0.1, -0.05) is 31.2 Å². The van der Waals surface area contributed by atoms with Crippen LogP contribution in [0.2, 0.25) is 0 Å². The Bertz CT molecular complexity index is 719. The first kappa shape index (κ1) is 15.4. The third kappa shape index (κ3) is 2.74. The van der Waals surface area contributed by atoms with E-state index < -0.39 is 0 Å². The van der Waals surface area contributed by atoms with Crippen molar-refractivity contribution in [2.75, 3.05) is 6.54 Å². The van der Waals surface area contributed by atoms with Crippen molar-refractivity contribution in [1.82, 2.24) is 14.5 Å². The van der Waals surface area contributed by atoms with Gasteiger partial charge in [0.25, 0.3) is 0 Å². The first-order valence-corrected chi connectivity index (χ1v) is 9.14. The molecule has 1 aromatic carbocycles. The standard InChI is InChI=1S/C20H25N3O/c1-2-15-5-7-16(8-6-15)17-9-10-20-21-18(13-23(20)12-17)19-4-3-11-22(19)14-24/h5-8,13-14,17,19H,2-4,9-12H2,1H3. The van der Waals surface area contributed by atoms with E-state index >= 15 is 0 Å². The second-order valence-corrected chi connectivity index (χ2v) is 7.07. The van der Waals surface area contributed by atoms with E-state index in [0.29, 0.717) is 5.92 Å². The molecule has 4 nitrogen and oxygen atoms in total. The van der Waals surface area contributed by atoms with E-state index in [1.807, 2.05) is 4.90 Å². The number of rotatable bonds is 4. The van der Waals surface area contributed by atoms with E-state index in [-0.39, 0.29) is 6.04 Å². The zero-order valence-corrected chi connectivity index (χ0v) is 14.3. The van der Waals surface area contributed by atoms with Crippen molar-refractivity contribution in [3.8, 4) is 0 Å². The van der Waals surface area contributed by atoms with Crippen molar-refractivity contribution in [1.29, 1.82) is 0 Å². The summed E-state index contributed by atoms with van der Waals surface area (Å²) in [5.41, 5.74) is 3.91. The van der Waals surface area contributed by atoms with Crippen LogP contribution in [0.25, 0.3) is 0 Å². The number of fused-ring (bicyclic) bond motifs is 1. The van der Waals surface area contributed by atoms with E-state index in [0.717, 1.165) is 57.3 Å². The Morgan fingerprint density at radius 2 is 2.08 bits per heavy atom. The third-order valence-corrected chi connectivity index (χ3v) is 5.64. The topological polar surface area (TPSA) is 38.1 Å². The van der Waals surface area contributed by atoms with Crippen LogP contribution in [0, 0.1) is 0 Å². The quantitative estimate of drug-likeness (QED) is 0.808. The first-order valence-electron chi connectivity index (χ1n) is 9.14. The summed E-state index contributed by atoms with van der Waals surface area (Å²) in [4.78, 5) is 18.0. The molecule has 2 aromatic rings. The molecule has 2 unspecified atom stereocenters. The summed E-state index contributed by atoms with van der Waals surface area (Å²) in [5.74, 6) is 1.75. The molecule has 1 aromatic heterocycles. The fourth-order valence-electron chi connectivity index (χ4n) is 4.16. The van der Waals surface area contributed by atoms with Crippen molar-refractivity contribution >= 4 is 6.41 Å². The van der Waals surface area contributed by atoms with Crippen molar-refractivity contribution in [3.63, 3.8) is 0 Å². The maximum Gasteiger partial charge on any atom is 0.210 e. The summed E-state index contributed by atoms with van der Waals surface area (Å²) in [5, 5.41) is 0. The molecular weight excluding hydrogens is 298 g/mol. The molecule has 1 amide bonds. The van der Waals surface area contributed by atoms with Crippen LogP contribution in [-0.4, -0.2) is 27.4 Å². The van der Waals surface area contributed by atoms with Crippen molar-refractivity contribution in [2.45, 2.75) is 57.5 Å². The maximum atomic E-state index is 11.2. The Morgan fingerprint density at radius 3 is 2.83 bits per heavy atom. The number of hydrogen-bond acceptors (Lipinski definition) is 2. The lowest BCUT2D eigenvalue weighted by Gasteiger charge is -2.24. The van der Waals surface area contributed by atoms with Gasteiger partial charge in [0.05, 0.1) is 11.7 Å². The van der Waals surface area contributed by atoms with E-state index in [2.05, 4.69) is 42.0 Å². The molecule has 4 heteroatoms. The van der Waals surface area contributed by atoms with Crippen LogP contribution >= 0.6 is 0 Å². The van der Waals surface area contributed by atoms with E-state index in [9.17, 15) is 4.79 Å². The van der Waals surface area contributed by atoms with Crippen molar-refractivity contribution in [3.05, 3.63) is 53.1 Å². The van der Waals surface area contributed by atoms with Gasteiger partial charge in [0.1, 0.15) is 5.82 Å². The number of carbonyl (C=O) groups excluding carboxylic acids is 1. The fraction of sp³-hybridized carbons (Fsp3) is 0.500. The highest BCUT2D eigenvalue weighted by Gasteiger charge is 2.29. The normalized spacial score (nSPS) is 23.3. The van der Waals surface area contributed by atoms with E-state index in [4.69, 9.17) is 4.98 Å². The lowest BCUT2D eigenvalue weighted by Crippen LogP contribution is -2.21. The molecule has 24 heavy (non-hydrogen) atoms. The maximum absolute atomic E-state index is 11.2. The summed E-state index contributed by atoms with van der Waals surface area (Å²) in [7, 11) is 0. The molecule has 0 spiro atoms. The van der Waals surface area contributed by atoms with Gasteiger partial charge < -0.3 is 9.47 Å². The van der Waals surface area contributed by atoms with Crippen LogP contribution in [-0.2, 0) is 24.2 Å². The van der Waals surface area contributed by atoms with Crippen LogP contribution in [0.5, 0.6) is 0 Å². The number of nitrogens with zero attached hydrogens (tertiary/aromatic N) is 3. The number of aryl methyl sites for hydroxylation is 2. The van der Waals surface area contributed by atoms with Gasteiger partial charge in [0.15, 0.2) is 0 Å². The van der Waals surface area contributed by atoms with Crippen LogP contribution < -0.4 is 0 Å². The minimum atomic E-state index is 0.183. The Morgan fingerprint density at radius 1 is 1.25 bits per heavy atom. The smallest absolute Gasteiger partial charge is 0.210 e. The van der Waals surface area contributed by atoms with E-state index in [1.165, 1.54) is 17.0 Å². The lowest BCUT2D eigenvalue weighted by atomic mass is 9.91. The van der Waals surface area contributed by atoms with Crippen molar-refractivity contribution < 1.29 is 4.79 Å². The molecule has 0 saturated carbocycles. The number of carbonyl (C=O) groups is 1. The predicted octanol–water partition coefficient (Wildman–Crippen LogP) is 3.47.